The maximum absolute atomic E-state index is 12.9. The van der Waals surface area contributed by atoms with Gasteiger partial charge < -0.3 is 20.1 Å². The normalized spacial score (nSPS) is 12.7. The fourth-order valence-electron chi connectivity index (χ4n) is 5.52. The Hall–Kier alpha value is -5.46. The number of hydrogen-bond donors (Lipinski definition) is 2. The molecule has 0 bridgehead atoms. The van der Waals surface area contributed by atoms with Gasteiger partial charge in [-0.25, -0.2) is 9.97 Å². The van der Waals surface area contributed by atoms with E-state index in [1.54, 1.807) is 26.4 Å². The van der Waals surface area contributed by atoms with Gasteiger partial charge in [-0.05, 0) is 83.3 Å². The van der Waals surface area contributed by atoms with E-state index >= 15 is 0 Å². The third-order valence-electron chi connectivity index (χ3n) is 7.88. The highest BCUT2D eigenvalue weighted by molar-refractivity contribution is 5.96. The summed E-state index contributed by atoms with van der Waals surface area (Å²) >= 11 is 0. The number of fused-ring (bicyclic) bond motifs is 2. The van der Waals surface area contributed by atoms with Crippen molar-refractivity contribution in [2.24, 2.45) is 0 Å². The SMILES string of the molecule is COc1cc2c(cc1OC)CN(CCNC(=O)c1ccc(-c3ccc4ncnc(Nc5cccc(C#N)c5)c4c3)cc1)CC2. The van der Waals surface area contributed by atoms with Crippen molar-refractivity contribution in [3.8, 4) is 28.7 Å². The van der Waals surface area contributed by atoms with Crippen LogP contribution < -0.4 is 20.1 Å². The van der Waals surface area contributed by atoms with Gasteiger partial charge in [0, 0.05) is 42.8 Å². The molecular formula is C35H32N6O3. The van der Waals surface area contributed by atoms with Crippen LogP contribution in [-0.2, 0) is 13.0 Å². The molecule has 1 aromatic heterocycles. The topological polar surface area (TPSA) is 112 Å². The first-order chi connectivity index (χ1) is 21.5. The number of nitrogens with one attached hydrogen (secondary N) is 2. The van der Waals surface area contributed by atoms with Crippen molar-refractivity contribution in [2.75, 3.05) is 39.2 Å². The summed E-state index contributed by atoms with van der Waals surface area (Å²) in [7, 11) is 3.31. The summed E-state index contributed by atoms with van der Waals surface area (Å²) in [6.07, 6.45) is 2.45. The minimum atomic E-state index is -0.0987. The second kappa shape index (κ2) is 12.8. The Balaban J connectivity index is 1.09. The number of nitriles is 1. The van der Waals surface area contributed by atoms with Gasteiger partial charge in [-0.15, -0.1) is 0 Å². The molecule has 1 amide bonds. The highest BCUT2D eigenvalue weighted by Gasteiger charge is 2.19. The minimum Gasteiger partial charge on any atom is -0.493 e. The number of ether oxygens (including phenoxy) is 2. The monoisotopic (exact) mass is 584 g/mol. The molecule has 2 N–H and O–H groups in total. The van der Waals surface area contributed by atoms with E-state index in [-0.39, 0.29) is 5.91 Å². The third-order valence-corrected chi connectivity index (χ3v) is 7.88. The molecule has 44 heavy (non-hydrogen) atoms. The average molecular weight is 585 g/mol. The Kier molecular flexibility index (Phi) is 8.34. The molecule has 4 aromatic carbocycles. The lowest BCUT2D eigenvalue weighted by molar-refractivity contribution is 0.0947. The van der Waals surface area contributed by atoms with Crippen LogP contribution >= 0.6 is 0 Å². The Bertz CT molecular complexity index is 1870. The number of rotatable bonds is 9. The van der Waals surface area contributed by atoms with Crippen LogP contribution in [0.25, 0.3) is 22.0 Å². The maximum Gasteiger partial charge on any atom is 0.251 e. The van der Waals surface area contributed by atoms with Crippen molar-refractivity contribution >= 4 is 28.3 Å². The molecule has 0 radical (unpaired) electrons. The third kappa shape index (κ3) is 6.16. The van der Waals surface area contributed by atoms with E-state index in [0.717, 1.165) is 65.3 Å². The first-order valence-electron chi connectivity index (χ1n) is 14.4. The number of carbonyl (C=O) groups is 1. The molecule has 0 atom stereocenters. The van der Waals surface area contributed by atoms with Crippen LogP contribution in [0.15, 0.2) is 85.2 Å². The standard InChI is InChI=1S/C35H32N6O3/c1-43-32-18-27-12-14-41(21-28(27)19-33(32)44-2)15-13-37-35(42)25-8-6-24(7-9-25)26-10-11-31-30(17-26)34(39-22-38-31)40-29-5-3-4-23(16-29)20-36/h3-11,16-19,22H,12-15,21H2,1-2H3,(H,37,42)(H,38,39,40). The highest BCUT2D eigenvalue weighted by Crippen LogP contribution is 2.33. The number of benzene rings is 4. The number of aromatic nitrogens is 2. The summed E-state index contributed by atoms with van der Waals surface area (Å²) in [4.78, 5) is 24.1. The number of methoxy groups -OCH3 is 2. The van der Waals surface area contributed by atoms with Gasteiger partial charge in [0.05, 0.1) is 31.4 Å². The first kappa shape index (κ1) is 28.6. The van der Waals surface area contributed by atoms with E-state index in [1.165, 1.54) is 17.5 Å². The van der Waals surface area contributed by atoms with Gasteiger partial charge in [0.2, 0.25) is 0 Å². The number of nitrogens with zero attached hydrogens (tertiary/aromatic N) is 4. The summed E-state index contributed by atoms with van der Waals surface area (Å²) in [6.45, 7) is 3.04. The Morgan fingerprint density at radius 1 is 0.932 bits per heavy atom. The van der Waals surface area contributed by atoms with Gasteiger partial charge in [0.1, 0.15) is 12.1 Å². The van der Waals surface area contributed by atoms with Gasteiger partial charge in [-0.2, -0.15) is 5.26 Å². The van der Waals surface area contributed by atoms with E-state index in [4.69, 9.17) is 9.47 Å². The minimum absolute atomic E-state index is 0.0987. The molecule has 0 unspecified atom stereocenters. The Morgan fingerprint density at radius 3 is 2.48 bits per heavy atom. The zero-order valence-corrected chi connectivity index (χ0v) is 24.6. The van der Waals surface area contributed by atoms with Crippen molar-refractivity contribution in [1.82, 2.24) is 20.2 Å². The first-order valence-corrected chi connectivity index (χ1v) is 14.4. The zero-order valence-electron chi connectivity index (χ0n) is 24.6. The summed E-state index contributed by atoms with van der Waals surface area (Å²) in [5.41, 5.74) is 7.21. The summed E-state index contributed by atoms with van der Waals surface area (Å²) in [5.74, 6) is 2.05. The number of anilines is 2. The Labute approximate surface area is 256 Å². The van der Waals surface area contributed by atoms with Crippen molar-refractivity contribution in [1.29, 1.82) is 5.26 Å². The summed E-state index contributed by atoms with van der Waals surface area (Å²) in [6, 6.07) is 27.1. The van der Waals surface area contributed by atoms with Crippen LogP contribution in [0, 0.1) is 11.3 Å². The molecule has 2 heterocycles. The van der Waals surface area contributed by atoms with Crippen LogP contribution in [0.3, 0.4) is 0 Å². The van der Waals surface area contributed by atoms with Crippen LogP contribution in [0.4, 0.5) is 11.5 Å². The molecule has 0 fully saturated rings. The van der Waals surface area contributed by atoms with Crippen molar-refractivity contribution in [3.05, 3.63) is 107 Å². The Morgan fingerprint density at radius 2 is 1.70 bits per heavy atom. The van der Waals surface area contributed by atoms with Crippen molar-refractivity contribution in [3.63, 3.8) is 0 Å². The molecule has 0 aliphatic carbocycles. The highest BCUT2D eigenvalue weighted by atomic mass is 16.5. The fraction of sp³-hybridized carbons (Fsp3) is 0.200. The smallest absolute Gasteiger partial charge is 0.251 e. The van der Waals surface area contributed by atoms with Crippen LogP contribution in [0.2, 0.25) is 0 Å². The second-order valence-corrected chi connectivity index (χ2v) is 10.6. The van der Waals surface area contributed by atoms with E-state index in [2.05, 4.69) is 43.7 Å². The molecule has 9 heteroatoms. The van der Waals surface area contributed by atoms with Gasteiger partial charge in [0.25, 0.3) is 5.91 Å². The molecule has 220 valence electrons. The van der Waals surface area contributed by atoms with Gasteiger partial charge in [0.15, 0.2) is 11.5 Å². The molecule has 0 saturated carbocycles. The maximum atomic E-state index is 12.9. The van der Waals surface area contributed by atoms with E-state index in [1.807, 2.05) is 54.6 Å². The van der Waals surface area contributed by atoms with E-state index in [9.17, 15) is 10.1 Å². The average Bonchev–Trinajstić information content (AvgIpc) is 3.07. The lowest BCUT2D eigenvalue weighted by Crippen LogP contribution is -2.37. The summed E-state index contributed by atoms with van der Waals surface area (Å²) < 4.78 is 10.9. The number of carbonyl (C=O) groups excluding carboxylic acids is 1. The molecule has 6 rings (SSSR count). The van der Waals surface area contributed by atoms with E-state index in [0.29, 0.717) is 23.5 Å². The predicted molar refractivity (Wildman–Crippen MR) is 170 cm³/mol. The lowest BCUT2D eigenvalue weighted by Gasteiger charge is -2.29. The molecule has 0 saturated heterocycles. The fourth-order valence-corrected chi connectivity index (χ4v) is 5.52. The number of hydrogen-bond acceptors (Lipinski definition) is 8. The van der Waals surface area contributed by atoms with Gasteiger partial charge >= 0.3 is 0 Å². The summed E-state index contributed by atoms with van der Waals surface area (Å²) in [5, 5.41) is 16.5. The molecule has 1 aliphatic rings. The molecule has 5 aromatic rings. The lowest BCUT2D eigenvalue weighted by atomic mass is 9.99. The number of amides is 1. The molecule has 0 spiro atoms. The van der Waals surface area contributed by atoms with Crippen molar-refractivity contribution in [2.45, 2.75) is 13.0 Å². The van der Waals surface area contributed by atoms with Crippen molar-refractivity contribution < 1.29 is 14.3 Å². The predicted octanol–water partition coefficient (Wildman–Crippen LogP) is 5.72. The molecule has 1 aliphatic heterocycles. The van der Waals surface area contributed by atoms with Crippen LogP contribution in [0.5, 0.6) is 11.5 Å². The van der Waals surface area contributed by atoms with E-state index < -0.39 is 0 Å². The second-order valence-electron chi connectivity index (χ2n) is 10.6. The quantitative estimate of drug-likeness (QED) is 0.226. The van der Waals surface area contributed by atoms with Gasteiger partial charge in [-0.3, -0.25) is 9.69 Å². The van der Waals surface area contributed by atoms with Crippen LogP contribution in [-0.4, -0.2) is 54.6 Å². The largest absolute Gasteiger partial charge is 0.493 e. The van der Waals surface area contributed by atoms with Crippen LogP contribution in [0.1, 0.15) is 27.0 Å². The molecular weight excluding hydrogens is 552 g/mol. The molecule has 9 nitrogen and oxygen atoms in total. The zero-order chi connectivity index (χ0) is 30.5. The van der Waals surface area contributed by atoms with Gasteiger partial charge in [-0.1, -0.05) is 24.3 Å².